The number of ether oxygens (including phenoxy) is 1. The standard InChI is InChI=1S/C19H26FN3O2/c1-3-11-23(15-18-9-5-13-25-18)19(24)21-10-6-12-22(2)17-8-4-7-16(20)14-17/h1,4,7-8,14,18H,5-6,9-13,15H2,2H3,(H,21,24). The predicted octanol–water partition coefficient (Wildman–Crippen LogP) is 2.48. The number of terminal acetylenes is 1. The number of hydrogen-bond acceptors (Lipinski definition) is 3. The van der Waals surface area contributed by atoms with Crippen molar-refractivity contribution in [3.8, 4) is 12.3 Å². The first-order valence-electron chi connectivity index (χ1n) is 8.64. The predicted molar refractivity (Wildman–Crippen MR) is 97.1 cm³/mol. The lowest BCUT2D eigenvalue weighted by Crippen LogP contribution is -2.44. The van der Waals surface area contributed by atoms with E-state index in [0.717, 1.165) is 31.6 Å². The fourth-order valence-corrected chi connectivity index (χ4v) is 2.83. The summed E-state index contributed by atoms with van der Waals surface area (Å²) in [7, 11) is 1.90. The number of halogens is 1. The molecule has 2 rings (SSSR count). The number of amides is 2. The number of urea groups is 1. The minimum atomic E-state index is -0.253. The van der Waals surface area contributed by atoms with Crippen LogP contribution in [0.5, 0.6) is 0 Å². The van der Waals surface area contributed by atoms with Gasteiger partial charge in [-0.15, -0.1) is 6.42 Å². The van der Waals surface area contributed by atoms with E-state index < -0.39 is 0 Å². The first kappa shape index (κ1) is 19.1. The average molecular weight is 347 g/mol. The van der Waals surface area contributed by atoms with E-state index >= 15 is 0 Å². The van der Waals surface area contributed by atoms with Crippen LogP contribution in [0.1, 0.15) is 19.3 Å². The molecule has 0 aliphatic carbocycles. The van der Waals surface area contributed by atoms with Crippen molar-refractivity contribution in [2.24, 2.45) is 0 Å². The van der Waals surface area contributed by atoms with Crippen molar-refractivity contribution < 1.29 is 13.9 Å². The first-order chi connectivity index (χ1) is 12.1. The molecule has 1 aromatic rings. The van der Waals surface area contributed by atoms with Crippen molar-refractivity contribution in [2.75, 3.05) is 44.7 Å². The zero-order valence-corrected chi connectivity index (χ0v) is 14.7. The van der Waals surface area contributed by atoms with Gasteiger partial charge < -0.3 is 19.9 Å². The third-order valence-corrected chi connectivity index (χ3v) is 4.21. The van der Waals surface area contributed by atoms with Crippen molar-refractivity contribution in [1.82, 2.24) is 10.2 Å². The minimum absolute atomic E-state index is 0.0817. The molecular formula is C19H26FN3O2. The second kappa shape index (κ2) is 9.90. The Bertz CT molecular complexity index is 597. The van der Waals surface area contributed by atoms with Gasteiger partial charge in [-0.05, 0) is 37.5 Å². The number of nitrogens with one attached hydrogen (secondary N) is 1. The lowest BCUT2D eigenvalue weighted by Gasteiger charge is -2.24. The van der Waals surface area contributed by atoms with Gasteiger partial charge in [0.05, 0.1) is 12.6 Å². The van der Waals surface area contributed by atoms with Crippen molar-refractivity contribution >= 4 is 11.7 Å². The molecule has 1 saturated heterocycles. The molecule has 1 fully saturated rings. The van der Waals surface area contributed by atoms with Gasteiger partial charge in [0, 0.05) is 39.0 Å². The highest BCUT2D eigenvalue weighted by atomic mass is 19.1. The van der Waals surface area contributed by atoms with E-state index in [1.165, 1.54) is 12.1 Å². The summed E-state index contributed by atoms with van der Waals surface area (Å²) in [5, 5.41) is 2.89. The molecule has 6 heteroatoms. The molecule has 1 heterocycles. The topological polar surface area (TPSA) is 44.8 Å². The number of carbonyl (C=O) groups excluding carboxylic acids is 1. The highest BCUT2D eigenvalue weighted by Gasteiger charge is 2.21. The summed E-state index contributed by atoms with van der Waals surface area (Å²) in [6.07, 6.45) is 8.19. The van der Waals surface area contributed by atoms with Gasteiger partial charge in [0.1, 0.15) is 5.82 Å². The number of rotatable bonds is 8. The summed E-state index contributed by atoms with van der Waals surface area (Å²) < 4.78 is 18.8. The molecule has 25 heavy (non-hydrogen) atoms. The zero-order chi connectivity index (χ0) is 18.1. The SMILES string of the molecule is C#CCN(CC1CCCO1)C(=O)NCCCN(C)c1cccc(F)c1. The molecule has 1 unspecified atom stereocenters. The Balaban J connectivity index is 1.71. The summed E-state index contributed by atoms with van der Waals surface area (Å²) in [5.41, 5.74) is 0.818. The van der Waals surface area contributed by atoms with Gasteiger partial charge in [0.2, 0.25) is 0 Å². The molecule has 1 atom stereocenters. The van der Waals surface area contributed by atoms with Crippen LogP contribution in [0.2, 0.25) is 0 Å². The molecule has 136 valence electrons. The molecule has 1 N–H and O–H groups in total. The summed E-state index contributed by atoms with van der Waals surface area (Å²) in [5.74, 6) is 2.27. The van der Waals surface area contributed by atoms with Crippen LogP contribution >= 0.6 is 0 Å². The van der Waals surface area contributed by atoms with E-state index in [4.69, 9.17) is 11.2 Å². The van der Waals surface area contributed by atoms with Gasteiger partial charge in [-0.1, -0.05) is 12.0 Å². The van der Waals surface area contributed by atoms with Crippen molar-refractivity contribution in [2.45, 2.75) is 25.4 Å². The van der Waals surface area contributed by atoms with Crippen LogP contribution in [0.4, 0.5) is 14.9 Å². The molecule has 2 amide bonds. The highest BCUT2D eigenvalue weighted by Crippen LogP contribution is 2.14. The molecule has 0 bridgehead atoms. The summed E-state index contributed by atoms with van der Waals surface area (Å²) >= 11 is 0. The molecule has 1 aliphatic rings. The Morgan fingerprint density at radius 3 is 3.04 bits per heavy atom. The summed E-state index contributed by atoms with van der Waals surface area (Å²) in [4.78, 5) is 15.9. The molecule has 5 nitrogen and oxygen atoms in total. The maximum atomic E-state index is 13.2. The number of benzene rings is 1. The third-order valence-electron chi connectivity index (χ3n) is 4.21. The maximum Gasteiger partial charge on any atom is 0.318 e. The molecular weight excluding hydrogens is 321 g/mol. The monoisotopic (exact) mass is 347 g/mol. The van der Waals surface area contributed by atoms with Crippen LogP contribution in [0.3, 0.4) is 0 Å². The maximum absolute atomic E-state index is 13.2. The van der Waals surface area contributed by atoms with E-state index in [9.17, 15) is 9.18 Å². The van der Waals surface area contributed by atoms with Crippen molar-refractivity contribution in [1.29, 1.82) is 0 Å². The molecule has 1 aliphatic heterocycles. The van der Waals surface area contributed by atoms with E-state index in [1.54, 1.807) is 11.0 Å². The number of hydrogen-bond donors (Lipinski definition) is 1. The van der Waals surface area contributed by atoms with Crippen LogP contribution in [0, 0.1) is 18.2 Å². The lowest BCUT2D eigenvalue weighted by atomic mass is 10.2. The Morgan fingerprint density at radius 1 is 1.52 bits per heavy atom. The number of nitrogens with zero attached hydrogens (tertiary/aromatic N) is 2. The first-order valence-corrected chi connectivity index (χ1v) is 8.64. The van der Waals surface area contributed by atoms with Gasteiger partial charge in [0.15, 0.2) is 0 Å². The molecule has 0 spiro atoms. The Hall–Kier alpha value is -2.26. The fourth-order valence-electron chi connectivity index (χ4n) is 2.83. The van der Waals surface area contributed by atoms with Gasteiger partial charge in [-0.25, -0.2) is 9.18 Å². The smallest absolute Gasteiger partial charge is 0.318 e. The Morgan fingerprint density at radius 2 is 2.36 bits per heavy atom. The van der Waals surface area contributed by atoms with E-state index in [2.05, 4.69) is 11.2 Å². The fraction of sp³-hybridized carbons (Fsp3) is 0.526. The van der Waals surface area contributed by atoms with Gasteiger partial charge in [-0.3, -0.25) is 0 Å². The quantitative estimate of drug-likeness (QED) is 0.580. The molecule has 1 aromatic carbocycles. The Kier molecular flexibility index (Phi) is 7.55. The summed E-state index contributed by atoms with van der Waals surface area (Å²) in [6.45, 7) is 2.80. The minimum Gasteiger partial charge on any atom is -0.376 e. The number of anilines is 1. The van der Waals surface area contributed by atoms with Crippen LogP contribution in [0.25, 0.3) is 0 Å². The summed E-state index contributed by atoms with van der Waals surface area (Å²) in [6, 6.07) is 6.30. The Labute approximate surface area is 149 Å². The largest absolute Gasteiger partial charge is 0.376 e. The van der Waals surface area contributed by atoms with Gasteiger partial charge in [0.25, 0.3) is 0 Å². The second-order valence-corrected chi connectivity index (χ2v) is 6.21. The molecule has 0 aromatic heterocycles. The van der Waals surface area contributed by atoms with E-state index in [1.807, 2.05) is 18.0 Å². The highest BCUT2D eigenvalue weighted by molar-refractivity contribution is 5.74. The van der Waals surface area contributed by atoms with E-state index in [-0.39, 0.29) is 24.5 Å². The molecule has 0 radical (unpaired) electrons. The van der Waals surface area contributed by atoms with Crippen molar-refractivity contribution in [3.63, 3.8) is 0 Å². The van der Waals surface area contributed by atoms with Crippen LogP contribution in [-0.2, 0) is 4.74 Å². The number of carbonyl (C=O) groups is 1. The van der Waals surface area contributed by atoms with Crippen LogP contribution in [0.15, 0.2) is 24.3 Å². The van der Waals surface area contributed by atoms with Gasteiger partial charge >= 0.3 is 6.03 Å². The second-order valence-electron chi connectivity index (χ2n) is 6.21. The van der Waals surface area contributed by atoms with Crippen LogP contribution in [-0.4, -0.2) is 56.9 Å². The normalized spacial score (nSPS) is 16.3. The zero-order valence-electron chi connectivity index (χ0n) is 14.7. The van der Waals surface area contributed by atoms with E-state index in [0.29, 0.717) is 19.6 Å². The molecule has 0 saturated carbocycles. The lowest BCUT2D eigenvalue weighted by molar-refractivity contribution is 0.0846. The van der Waals surface area contributed by atoms with Crippen LogP contribution < -0.4 is 10.2 Å². The van der Waals surface area contributed by atoms with Gasteiger partial charge in [-0.2, -0.15) is 0 Å². The third kappa shape index (κ3) is 6.28. The van der Waals surface area contributed by atoms with Crippen molar-refractivity contribution in [3.05, 3.63) is 30.1 Å². The average Bonchev–Trinajstić information content (AvgIpc) is 3.11.